The van der Waals surface area contributed by atoms with Gasteiger partial charge in [0.05, 0.1) is 0 Å². The van der Waals surface area contributed by atoms with E-state index in [1.807, 2.05) is 24.3 Å². The van der Waals surface area contributed by atoms with E-state index in [4.69, 9.17) is 17.3 Å². The lowest BCUT2D eigenvalue weighted by molar-refractivity contribution is -0.126. The molecule has 1 aromatic carbocycles. The van der Waals surface area contributed by atoms with Crippen LogP contribution in [0.25, 0.3) is 0 Å². The second-order valence-electron chi connectivity index (χ2n) is 4.88. The van der Waals surface area contributed by atoms with Crippen molar-refractivity contribution in [2.75, 3.05) is 6.54 Å². The van der Waals surface area contributed by atoms with E-state index in [-0.39, 0.29) is 11.8 Å². The predicted octanol–water partition coefficient (Wildman–Crippen LogP) is 2.33. The Kier molecular flexibility index (Phi) is 4.61. The van der Waals surface area contributed by atoms with Crippen LogP contribution < -0.4 is 11.1 Å². The molecule has 1 saturated carbocycles. The maximum Gasteiger partial charge on any atom is 0.223 e. The average molecular weight is 267 g/mol. The number of nitrogens with two attached hydrogens (primary N) is 1. The molecule has 1 aromatic rings. The maximum absolute atomic E-state index is 12.1. The minimum absolute atomic E-state index is 0.0994. The standard InChI is InChI=1S/C14H19ClN2O/c15-12-6-4-10(5-7-12)9-17-14(18)13-3-1-2-11(13)8-16/h4-7,11,13H,1-3,8-9,16H2,(H,17,18). The molecule has 1 fully saturated rings. The fourth-order valence-corrected chi connectivity index (χ4v) is 2.71. The first-order chi connectivity index (χ1) is 8.70. The Morgan fingerprint density at radius 1 is 1.33 bits per heavy atom. The fourth-order valence-electron chi connectivity index (χ4n) is 2.59. The molecule has 2 atom stereocenters. The van der Waals surface area contributed by atoms with Gasteiger partial charge < -0.3 is 11.1 Å². The van der Waals surface area contributed by atoms with Crippen LogP contribution in [-0.2, 0) is 11.3 Å². The van der Waals surface area contributed by atoms with Crippen LogP contribution in [0.15, 0.2) is 24.3 Å². The summed E-state index contributed by atoms with van der Waals surface area (Å²) >= 11 is 5.81. The smallest absolute Gasteiger partial charge is 0.223 e. The number of hydrogen-bond acceptors (Lipinski definition) is 2. The quantitative estimate of drug-likeness (QED) is 0.879. The van der Waals surface area contributed by atoms with Gasteiger partial charge in [-0.2, -0.15) is 0 Å². The summed E-state index contributed by atoms with van der Waals surface area (Å²) in [6, 6.07) is 7.53. The van der Waals surface area contributed by atoms with Gasteiger partial charge >= 0.3 is 0 Å². The highest BCUT2D eigenvalue weighted by Gasteiger charge is 2.31. The van der Waals surface area contributed by atoms with E-state index < -0.39 is 0 Å². The van der Waals surface area contributed by atoms with Gasteiger partial charge in [0.15, 0.2) is 0 Å². The molecule has 0 saturated heterocycles. The first-order valence-electron chi connectivity index (χ1n) is 6.43. The third-order valence-corrected chi connectivity index (χ3v) is 3.93. The number of halogens is 1. The second kappa shape index (κ2) is 6.21. The Balaban J connectivity index is 1.86. The summed E-state index contributed by atoms with van der Waals surface area (Å²) in [4.78, 5) is 12.1. The van der Waals surface area contributed by atoms with Crippen LogP contribution in [0.1, 0.15) is 24.8 Å². The second-order valence-corrected chi connectivity index (χ2v) is 5.31. The zero-order valence-electron chi connectivity index (χ0n) is 10.4. The molecule has 0 spiro atoms. The van der Waals surface area contributed by atoms with E-state index in [0.29, 0.717) is 24.0 Å². The third-order valence-electron chi connectivity index (χ3n) is 3.68. The van der Waals surface area contributed by atoms with Gasteiger partial charge in [-0.05, 0) is 43.0 Å². The summed E-state index contributed by atoms with van der Waals surface area (Å²) in [5, 5.41) is 3.70. The number of nitrogens with one attached hydrogen (secondary N) is 1. The summed E-state index contributed by atoms with van der Waals surface area (Å²) in [5.74, 6) is 0.593. The van der Waals surface area contributed by atoms with Gasteiger partial charge in [-0.3, -0.25) is 4.79 Å². The van der Waals surface area contributed by atoms with Crippen molar-refractivity contribution in [3.63, 3.8) is 0 Å². The molecule has 1 aliphatic rings. The Morgan fingerprint density at radius 2 is 2.06 bits per heavy atom. The van der Waals surface area contributed by atoms with Crippen LogP contribution in [0.3, 0.4) is 0 Å². The molecule has 0 bridgehead atoms. The maximum atomic E-state index is 12.1. The van der Waals surface area contributed by atoms with Crippen molar-refractivity contribution in [1.29, 1.82) is 0 Å². The lowest BCUT2D eigenvalue weighted by Crippen LogP contribution is -2.34. The van der Waals surface area contributed by atoms with Crippen molar-refractivity contribution in [3.05, 3.63) is 34.9 Å². The van der Waals surface area contributed by atoms with Gasteiger partial charge in [-0.1, -0.05) is 30.2 Å². The van der Waals surface area contributed by atoms with Crippen molar-refractivity contribution in [1.82, 2.24) is 5.32 Å². The molecule has 0 heterocycles. The van der Waals surface area contributed by atoms with E-state index in [0.717, 1.165) is 24.8 Å². The first kappa shape index (κ1) is 13.4. The van der Waals surface area contributed by atoms with Gasteiger partial charge in [0, 0.05) is 17.5 Å². The monoisotopic (exact) mass is 266 g/mol. The minimum Gasteiger partial charge on any atom is -0.352 e. The molecular formula is C14H19ClN2O. The molecule has 0 aliphatic heterocycles. The Bertz CT molecular complexity index is 405. The topological polar surface area (TPSA) is 55.1 Å². The normalized spacial score (nSPS) is 23.0. The highest BCUT2D eigenvalue weighted by atomic mass is 35.5. The van der Waals surface area contributed by atoms with Gasteiger partial charge in [0.25, 0.3) is 0 Å². The Morgan fingerprint density at radius 3 is 2.72 bits per heavy atom. The van der Waals surface area contributed by atoms with Gasteiger partial charge in [-0.15, -0.1) is 0 Å². The lowest BCUT2D eigenvalue weighted by atomic mass is 9.95. The van der Waals surface area contributed by atoms with E-state index in [2.05, 4.69) is 5.32 Å². The van der Waals surface area contributed by atoms with Gasteiger partial charge in [0.1, 0.15) is 0 Å². The summed E-state index contributed by atoms with van der Waals surface area (Å²) in [6.45, 7) is 1.17. The molecule has 2 unspecified atom stereocenters. The molecule has 1 amide bonds. The molecule has 4 heteroatoms. The number of benzene rings is 1. The van der Waals surface area contributed by atoms with E-state index in [1.165, 1.54) is 0 Å². The minimum atomic E-state index is 0.0994. The first-order valence-corrected chi connectivity index (χ1v) is 6.80. The molecule has 98 valence electrons. The summed E-state index contributed by atoms with van der Waals surface area (Å²) in [7, 11) is 0. The lowest BCUT2D eigenvalue weighted by Gasteiger charge is -2.17. The van der Waals surface area contributed by atoms with Crippen LogP contribution in [-0.4, -0.2) is 12.5 Å². The molecule has 18 heavy (non-hydrogen) atoms. The average Bonchev–Trinajstić information content (AvgIpc) is 2.86. The van der Waals surface area contributed by atoms with Gasteiger partial charge in [0.2, 0.25) is 5.91 Å². The zero-order valence-corrected chi connectivity index (χ0v) is 11.1. The SMILES string of the molecule is NCC1CCCC1C(=O)NCc1ccc(Cl)cc1. The molecule has 2 rings (SSSR count). The van der Waals surface area contributed by atoms with Crippen LogP contribution in [0.5, 0.6) is 0 Å². The number of rotatable bonds is 4. The number of amides is 1. The van der Waals surface area contributed by atoms with Crippen LogP contribution in [0.2, 0.25) is 5.02 Å². The molecular weight excluding hydrogens is 248 g/mol. The predicted molar refractivity (Wildman–Crippen MR) is 73.2 cm³/mol. The Hall–Kier alpha value is -1.06. The highest BCUT2D eigenvalue weighted by Crippen LogP contribution is 2.30. The molecule has 0 radical (unpaired) electrons. The van der Waals surface area contributed by atoms with Crippen LogP contribution in [0.4, 0.5) is 0 Å². The van der Waals surface area contributed by atoms with Crippen molar-refractivity contribution in [3.8, 4) is 0 Å². The largest absolute Gasteiger partial charge is 0.352 e. The van der Waals surface area contributed by atoms with Crippen molar-refractivity contribution in [2.45, 2.75) is 25.8 Å². The van der Waals surface area contributed by atoms with E-state index >= 15 is 0 Å². The van der Waals surface area contributed by atoms with Gasteiger partial charge in [-0.25, -0.2) is 0 Å². The van der Waals surface area contributed by atoms with Crippen molar-refractivity contribution in [2.24, 2.45) is 17.6 Å². The van der Waals surface area contributed by atoms with Crippen molar-refractivity contribution < 1.29 is 4.79 Å². The van der Waals surface area contributed by atoms with E-state index in [1.54, 1.807) is 0 Å². The summed E-state index contributed by atoms with van der Waals surface area (Å²) < 4.78 is 0. The van der Waals surface area contributed by atoms with Crippen LogP contribution in [0, 0.1) is 11.8 Å². The number of hydrogen-bond donors (Lipinski definition) is 2. The van der Waals surface area contributed by atoms with E-state index in [9.17, 15) is 4.79 Å². The molecule has 1 aliphatic carbocycles. The summed E-state index contributed by atoms with van der Waals surface area (Å²) in [6.07, 6.45) is 3.16. The number of carbonyl (C=O) groups excluding carboxylic acids is 1. The highest BCUT2D eigenvalue weighted by molar-refractivity contribution is 6.30. The van der Waals surface area contributed by atoms with Crippen molar-refractivity contribution >= 4 is 17.5 Å². The zero-order chi connectivity index (χ0) is 13.0. The Labute approximate surface area is 113 Å². The molecule has 3 N–H and O–H groups in total. The third kappa shape index (κ3) is 3.24. The van der Waals surface area contributed by atoms with Crippen LogP contribution >= 0.6 is 11.6 Å². The fraction of sp³-hybridized carbons (Fsp3) is 0.500. The summed E-state index contributed by atoms with van der Waals surface area (Å²) in [5.41, 5.74) is 6.76. The number of carbonyl (C=O) groups is 1. The molecule has 3 nitrogen and oxygen atoms in total. The molecule has 0 aromatic heterocycles.